The molecule has 0 unspecified atom stereocenters. The molecule has 1 atom stereocenters. The van der Waals surface area contributed by atoms with Crippen molar-refractivity contribution in [2.75, 3.05) is 13.7 Å². The van der Waals surface area contributed by atoms with E-state index in [-0.39, 0.29) is 29.8 Å². The third kappa shape index (κ3) is 5.06. The van der Waals surface area contributed by atoms with Gasteiger partial charge in [0.1, 0.15) is 11.5 Å². The Morgan fingerprint density at radius 3 is 2.35 bits per heavy atom. The van der Waals surface area contributed by atoms with E-state index in [9.17, 15) is 29.6 Å². The monoisotopic (exact) mass is 468 g/mol. The number of aliphatic carboxylic acids is 1. The average Bonchev–Trinajstić information content (AvgIpc) is 3.08. The summed E-state index contributed by atoms with van der Waals surface area (Å²) in [5.41, 5.74) is 0.330. The third-order valence-corrected chi connectivity index (χ3v) is 5.61. The van der Waals surface area contributed by atoms with Gasteiger partial charge in [-0.3, -0.25) is 24.5 Å². The second-order valence-corrected chi connectivity index (χ2v) is 7.74. The second-order valence-electron chi connectivity index (χ2n) is 7.74. The molecule has 0 aromatic heterocycles. The number of likely N-dealkylation sites (tertiary alicyclic amines) is 1. The van der Waals surface area contributed by atoms with Crippen molar-refractivity contribution < 1.29 is 34.3 Å². The molecule has 0 bridgehead atoms. The molecule has 0 saturated carbocycles. The highest BCUT2D eigenvalue weighted by atomic mass is 16.6. The molecule has 1 heterocycles. The number of nitrogens with zero attached hydrogens (tertiary/aromatic N) is 2. The van der Waals surface area contributed by atoms with Crippen LogP contribution in [0.4, 0.5) is 5.69 Å². The highest BCUT2D eigenvalue weighted by Crippen LogP contribution is 2.42. The summed E-state index contributed by atoms with van der Waals surface area (Å²) in [4.78, 5) is 48.4. The molecule has 10 nitrogen and oxygen atoms in total. The Morgan fingerprint density at radius 2 is 1.74 bits per heavy atom. The normalized spacial score (nSPS) is 17.1. The number of methoxy groups -OCH3 is 1. The zero-order valence-electron chi connectivity index (χ0n) is 18.5. The van der Waals surface area contributed by atoms with Crippen molar-refractivity contribution in [1.29, 1.82) is 0 Å². The average molecular weight is 468 g/mol. The Hall–Kier alpha value is -4.21. The zero-order chi connectivity index (χ0) is 24.8. The van der Waals surface area contributed by atoms with Gasteiger partial charge in [-0.25, -0.2) is 0 Å². The highest BCUT2D eigenvalue weighted by Gasteiger charge is 2.46. The maximum absolute atomic E-state index is 13.0. The molecule has 1 aliphatic rings. The van der Waals surface area contributed by atoms with Gasteiger partial charge in [0.05, 0.1) is 23.6 Å². The van der Waals surface area contributed by atoms with Crippen LogP contribution in [-0.4, -0.2) is 51.4 Å². The number of benzene rings is 2. The smallest absolute Gasteiger partial charge is 0.303 e. The molecule has 3 rings (SSSR count). The Balaban J connectivity index is 2.03. The topological polar surface area (TPSA) is 147 Å². The van der Waals surface area contributed by atoms with Gasteiger partial charge >= 0.3 is 5.97 Å². The molecule has 0 aliphatic carbocycles. The molecule has 1 aliphatic heterocycles. The summed E-state index contributed by atoms with van der Waals surface area (Å²) in [6, 6.07) is 10.9. The molecule has 2 N–H and O–H groups in total. The van der Waals surface area contributed by atoms with E-state index < -0.39 is 34.4 Å². The van der Waals surface area contributed by atoms with Crippen molar-refractivity contribution >= 4 is 29.1 Å². The number of para-hydroxylation sites is 1. The number of amides is 1. The number of aliphatic hydroxyl groups is 1. The van der Waals surface area contributed by atoms with E-state index in [1.807, 2.05) is 0 Å². The van der Waals surface area contributed by atoms with E-state index in [4.69, 9.17) is 9.84 Å². The van der Waals surface area contributed by atoms with Crippen molar-refractivity contribution in [2.24, 2.45) is 0 Å². The fraction of sp³-hybridized carbons (Fsp3) is 0.292. The number of unbranched alkanes of at least 4 members (excludes halogenated alkanes) is 2. The van der Waals surface area contributed by atoms with Crippen molar-refractivity contribution in [3.8, 4) is 5.75 Å². The first-order chi connectivity index (χ1) is 16.3. The van der Waals surface area contributed by atoms with Gasteiger partial charge in [-0.2, -0.15) is 0 Å². The number of non-ortho nitro benzene ring substituents is 1. The van der Waals surface area contributed by atoms with E-state index in [0.29, 0.717) is 30.6 Å². The minimum atomic E-state index is -0.939. The lowest BCUT2D eigenvalue weighted by Gasteiger charge is -2.26. The highest BCUT2D eigenvalue weighted by molar-refractivity contribution is 6.46. The van der Waals surface area contributed by atoms with Crippen LogP contribution in [-0.2, 0) is 14.4 Å². The number of ether oxygens (including phenoxy) is 1. The van der Waals surface area contributed by atoms with Crippen LogP contribution >= 0.6 is 0 Å². The van der Waals surface area contributed by atoms with Crippen LogP contribution in [0, 0.1) is 10.1 Å². The van der Waals surface area contributed by atoms with Crippen LogP contribution in [0.15, 0.2) is 54.1 Å². The summed E-state index contributed by atoms with van der Waals surface area (Å²) in [6.45, 7) is 0.171. The maximum atomic E-state index is 13.0. The molecule has 1 saturated heterocycles. The van der Waals surface area contributed by atoms with Crippen LogP contribution in [0.1, 0.15) is 42.9 Å². The summed E-state index contributed by atoms with van der Waals surface area (Å²) in [5.74, 6) is -2.61. The van der Waals surface area contributed by atoms with Crippen LogP contribution < -0.4 is 4.74 Å². The fourth-order valence-corrected chi connectivity index (χ4v) is 3.96. The van der Waals surface area contributed by atoms with E-state index >= 15 is 0 Å². The summed E-state index contributed by atoms with van der Waals surface area (Å²) in [5, 5.41) is 30.8. The number of carbonyl (C=O) groups excluding carboxylic acids is 2. The summed E-state index contributed by atoms with van der Waals surface area (Å²) >= 11 is 0. The number of Topliss-reactive ketones (excluding diaryl/α,β-unsaturated/α-hetero) is 1. The number of carbonyl (C=O) groups is 3. The molecule has 2 aromatic carbocycles. The lowest BCUT2D eigenvalue weighted by molar-refractivity contribution is -0.384. The first kappa shape index (κ1) is 24.4. The van der Waals surface area contributed by atoms with E-state index in [1.54, 1.807) is 24.3 Å². The second kappa shape index (κ2) is 10.6. The van der Waals surface area contributed by atoms with Gasteiger partial charge in [-0.1, -0.05) is 24.6 Å². The number of carboxylic acid groups (broad SMARTS) is 1. The van der Waals surface area contributed by atoms with Crippen LogP contribution in [0.3, 0.4) is 0 Å². The minimum absolute atomic E-state index is 0.00883. The van der Waals surface area contributed by atoms with Crippen LogP contribution in [0.2, 0.25) is 0 Å². The SMILES string of the molecule is COc1ccccc1[C@@H]1C(=C(O)c2ccc([N+](=O)[O-])cc2)C(=O)C(=O)N1CCCCCC(=O)O. The number of hydrogen-bond donors (Lipinski definition) is 2. The van der Waals surface area contributed by atoms with Gasteiger partial charge in [0, 0.05) is 36.2 Å². The largest absolute Gasteiger partial charge is 0.507 e. The Bertz CT molecular complexity index is 1140. The molecule has 34 heavy (non-hydrogen) atoms. The Morgan fingerprint density at radius 1 is 1.06 bits per heavy atom. The predicted octanol–water partition coefficient (Wildman–Crippen LogP) is 3.67. The number of nitro groups is 1. The number of ketones is 1. The van der Waals surface area contributed by atoms with Crippen LogP contribution in [0.5, 0.6) is 5.75 Å². The van der Waals surface area contributed by atoms with Crippen LogP contribution in [0.25, 0.3) is 5.76 Å². The van der Waals surface area contributed by atoms with Crippen molar-refractivity contribution in [1.82, 2.24) is 4.90 Å². The molecular weight excluding hydrogens is 444 g/mol. The Labute approximate surface area is 195 Å². The van der Waals surface area contributed by atoms with Gasteiger partial charge in [0.2, 0.25) is 0 Å². The number of nitro benzene ring substituents is 1. The molecule has 10 heteroatoms. The van der Waals surface area contributed by atoms with Crippen molar-refractivity contribution in [2.45, 2.75) is 31.7 Å². The quantitative estimate of drug-likeness (QED) is 0.134. The number of rotatable bonds is 10. The summed E-state index contributed by atoms with van der Waals surface area (Å²) in [7, 11) is 1.45. The lowest BCUT2D eigenvalue weighted by Crippen LogP contribution is -2.31. The molecule has 1 fully saturated rings. The third-order valence-electron chi connectivity index (χ3n) is 5.61. The molecule has 178 valence electrons. The number of hydrogen-bond acceptors (Lipinski definition) is 7. The maximum Gasteiger partial charge on any atom is 0.303 e. The summed E-state index contributed by atoms with van der Waals surface area (Å²) < 4.78 is 5.43. The van der Waals surface area contributed by atoms with Crippen molar-refractivity contribution in [3.05, 3.63) is 75.3 Å². The standard InChI is InChI=1S/C24H24N2O8/c1-34-18-8-5-4-7-17(18)21-20(22(29)15-10-12-16(13-11-15)26(32)33)23(30)24(31)25(21)14-6-2-3-9-19(27)28/h4-5,7-8,10-13,21,29H,2-3,6,9,14H2,1H3,(H,27,28)/t21-/m1/s1. The number of carboxylic acids is 1. The van der Waals surface area contributed by atoms with Gasteiger partial charge < -0.3 is 19.8 Å². The van der Waals surface area contributed by atoms with Gasteiger partial charge in [-0.15, -0.1) is 0 Å². The molecular formula is C24H24N2O8. The first-order valence-corrected chi connectivity index (χ1v) is 10.6. The lowest BCUT2D eigenvalue weighted by atomic mass is 9.94. The van der Waals surface area contributed by atoms with Gasteiger partial charge in [-0.05, 0) is 31.0 Å². The zero-order valence-corrected chi connectivity index (χ0v) is 18.5. The molecule has 0 spiro atoms. The van der Waals surface area contributed by atoms with E-state index in [2.05, 4.69) is 0 Å². The van der Waals surface area contributed by atoms with Gasteiger partial charge in [0.15, 0.2) is 0 Å². The minimum Gasteiger partial charge on any atom is -0.507 e. The van der Waals surface area contributed by atoms with Gasteiger partial charge in [0.25, 0.3) is 17.4 Å². The predicted molar refractivity (Wildman–Crippen MR) is 121 cm³/mol. The number of aliphatic hydroxyl groups excluding tert-OH is 1. The Kier molecular flexibility index (Phi) is 7.62. The first-order valence-electron chi connectivity index (χ1n) is 10.6. The van der Waals surface area contributed by atoms with Crippen molar-refractivity contribution in [3.63, 3.8) is 0 Å². The molecule has 0 radical (unpaired) electrons. The molecule has 2 aromatic rings. The van der Waals surface area contributed by atoms with E-state index in [1.165, 1.54) is 36.3 Å². The molecule has 1 amide bonds. The fourth-order valence-electron chi connectivity index (χ4n) is 3.96. The summed E-state index contributed by atoms with van der Waals surface area (Å²) in [6.07, 6.45) is 1.44. The van der Waals surface area contributed by atoms with E-state index in [0.717, 1.165) is 0 Å².